The van der Waals surface area contributed by atoms with Crippen molar-refractivity contribution < 1.29 is 14.4 Å². The van der Waals surface area contributed by atoms with Crippen LogP contribution in [0.5, 0.6) is 0 Å². The predicted octanol–water partition coefficient (Wildman–Crippen LogP) is 0.811. The van der Waals surface area contributed by atoms with Crippen LogP contribution in [0.25, 0.3) is 0 Å². The van der Waals surface area contributed by atoms with Gasteiger partial charge in [-0.05, 0) is 12.8 Å². The molecule has 5 nitrogen and oxygen atoms in total. The number of aldehydes is 1. The van der Waals surface area contributed by atoms with Crippen LogP contribution in [-0.4, -0.2) is 36.4 Å². The second kappa shape index (κ2) is 15.2. The van der Waals surface area contributed by atoms with Crippen LogP contribution in [0.3, 0.4) is 0 Å². The van der Waals surface area contributed by atoms with Gasteiger partial charge < -0.3 is 15.8 Å². The van der Waals surface area contributed by atoms with E-state index in [1.165, 1.54) is 0 Å². The molecule has 0 atom stereocenters. The molecule has 17 heavy (non-hydrogen) atoms. The van der Waals surface area contributed by atoms with Crippen LogP contribution in [0.15, 0.2) is 0 Å². The Morgan fingerprint density at radius 1 is 1.12 bits per heavy atom. The third-order valence-electron chi connectivity index (χ3n) is 1.57. The highest BCUT2D eigenvalue weighted by molar-refractivity contribution is 6.27. The fourth-order valence-electron chi connectivity index (χ4n) is 0.805. The van der Waals surface area contributed by atoms with Gasteiger partial charge >= 0.3 is 0 Å². The summed E-state index contributed by atoms with van der Waals surface area (Å²) >= 11 is 10.1. The fourth-order valence-corrected chi connectivity index (χ4v) is 0.899. The van der Waals surface area contributed by atoms with Gasteiger partial charge in [-0.25, -0.2) is 0 Å². The van der Waals surface area contributed by atoms with E-state index in [4.69, 9.17) is 23.2 Å². The van der Waals surface area contributed by atoms with Crippen molar-refractivity contribution in [3.8, 4) is 0 Å². The van der Waals surface area contributed by atoms with Crippen molar-refractivity contribution in [2.24, 2.45) is 5.73 Å². The summed E-state index contributed by atoms with van der Waals surface area (Å²) in [4.78, 5) is 30.0. The Kier molecular flexibility index (Phi) is 16.6. The molecule has 0 unspecified atom stereocenters. The summed E-state index contributed by atoms with van der Waals surface area (Å²) in [5, 5.41) is 2.65. The van der Waals surface area contributed by atoms with E-state index in [-0.39, 0.29) is 17.7 Å². The van der Waals surface area contributed by atoms with Crippen LogP contribution >= 0.6 is 23.2 Å². The van der Waals surface area contributed by atoms with E-state index in [1.807, 2.05) is 0 Å². The maximum atomic E-state index is 10.6. The zero-order chi connectivity index (χ0) is 13.5. The molecule has 0 saturated carbocycles. The number of unbranched alkanes of at least 4 members (excludes halogenated alkanes) is 3. The molecular weight excluding hydrogens is 267 g/mol. The molecule has 0 radical (unpaired) electrons. The third-order valence-corrected chi connectivity index (χ3v) is 2.08. The smallest absolute Gasteiger partial charge is 0.234 e. The Balaban J connectivity index is 0. The summed E-state index contributed by atoms with van der Waals surface area (Å²) in [5.74, 6) is -0.673. The number of carbonyl (C=O) groups is 3. The molecule has 2 amide bonds. The fraction of sp³-hybridized carbons (Fsp3) is 0.700. The second-order valence-electron chi connectivity index (χ2n) is 3.10. The lowest BCUT2D eigenvalue weighted by atomic mass is 10.2. The Labute approximate surface area is 111 Å². The first-order chi connectivity index (χ1) is 8.08. The Morgan fingerprint density at radius 2 is 1.71 bits per heavy atom. The number of halogens is 2. The molecule has 0 heterocycles. The molecule has 0 aliphatic carbocycles. The van der Waals surface area contributed by atoms with E-state index in [2.05, 4.69) is 11.1 Å². The number of carbonyl (C=O) groups excluding carboxylic acids is 3. The van der Waals surface area contributed by atoms with Crippen molar-refractivity contribution in [3.63, 3.8) is 0 Å². The van der Waals surface area contributed by atoms with Crippen molar-refractivity contribution in [2.75, 3.05) is 18.3 Å². The zero-order valence-electron chi connectivity index (χ0n) is 9.59. The van der Waals surface area contributed by atoms with Crippen molar-refractivity contribution in [2.45, 2.75) is 25.7 Å². The SMILES string of the molecule is NC(=O)CCl.O=CCCCCCNC(=O)CCl. The highest BCUT2D eigenvalue weighted by Gasteiger charge is 1.95. The highest BCUT2D eigenvalue weighted by Crippen LogP contribution is 1.95. The first-order valence-electron chi connectivity index (χ1n) is 5.19. The van der Waals surface area contributed by atoms with Crippen molar-refractivity contribution in [3.05, 3.63) is 0 Å². The minimum absolute atomic E-state index is 0.0222. The van der Waals surface area contributed by atoms with Gasteiger partial charge in [-0.3, -0.25) is 9.59 Å². The number of hydrogen-bond acceptors (Lipinski definition) is 3. The predicted molar refractivity (Wildman–Crippen MR) is 68.2 cm³/mol. The van der Waals surface area contributed by atoms with Gasteiger partial charge in [0.25, 0.3) is 0 Å². The van der Waals surface area contributed by atoms with E-state index >= 15 is 0 Å². The number of nitrogens with one attached hydrogen (secondary N) is 1. The van der Waals surface area contributed by atoms with Crippen molar-refractivity contribution in [1.82, 2.24) is 5.32 Å². The summed E-state index contributed by atoms with van der Waals surface area (Å²) in [7, 11) is 0. The lowest BCUT2D eigenvalue weighted by Crippen LogP contribution is -2.25. The van der Waals surface area contributed by atoms with Crippen LogP contribution in [0, 0.1) is 0 Å². The first kappa shape index (κ1) is 18.6. The maximum Gasteiger partial charge on any atom is 0.234 e. The third kappa shape index (κ3) is 21.1. The molecule has 0 saturated heterocycles. The van der Waals surface area contributed by atoms with Crippen LogP contribution < -0.4 is 11.1 Å². The molecule has 0 aromatic heterocycles. The van der Waals surface area contributed by atoms with Gasteiger partial charge in [0, 0.05) is 13.0 Å². The van der Waals surface area contributed by atoms with E-state index in [0.717, 1.165) is 25.5 Å². The average molecular weight is 285 g/mol. The highest BCUT2D eigenvalue weighted by atomic mass is 35.5. The molecule has 0 bridgehead atoms. The van der Waals surface area contributed by atoms with Crippen molar-refractivity contribution >= 4 is 41.3 Å². The quantitative estimate of drug-likeness (QED) is 0.393. The van der Waals surface area contributed by atoms with E-state index in [1.54, 1.807) is 0 Å². The van der Waals surface area contributed by atoms with Crippen molar-refractivity contribution in [1.29, 1.82) is 0 Å². The monoisotopic (exact) mass is 284 g/mol. The molecule has 0 fully saturated rings. The Bertz CT molecular complexity index is 226. The number of primary amides is 1. The van der Waals surface area contributed by atoms with Crippen LogP contribution in [0.1, 0.15) is 25.7 Å². The number of rotatable bonds is 8. The Morgan fingerprint density at radius 3 is 2.12 bits per heavy atom. The molecular formula is C10H18Cl2N2O3. The second-order valence-corrected chi connectivity index (χ2v) is 3.63. The molecule has 0 spiro atoms. The van der Waals surface area contributed by atoms with E-state index in [0.29, 0.717) is 13.0 Å². The molecule has 3 N–H and O–H groups in total. The molecule has 0 aromatic carbocycles. The number of nitrogens with two attached hydrogens (primary N) is 1. The summed E-state index contributed by atoms with van der Waals surface area (Å²) < 4.78 is 0. The van der Waals surface area contributed by atoms with Gasteiger partial charge in [-0.1, -0.05) is 6.42 Å². The summed E-state index contributed by atoms with van der Waals surface area (Å²) in [5.41, 5.74) is 4.52. The lowest BCUT2D eigenvalue weighted by molar-refractivity contribution is -0.118. The van der Waals surface area contributed by atoms with Gasteiger partial charge in [0.2, 0.25) is 11.8 Å². The first-order valence-corrected chi connectivity index (χ1v) is 6.26. The standard InChI is InChI=1S/C8H14ClNO2.C2H4ClNO/c9-7-8(12)10-5-3-1-2-4-6-11;3-1-2(4)5/h6H,1-5,7H2,(H,10,12);1H2,(H2,4,5). The normalized spacial score (nSPS) is 8.82. The topological polar surface area (TPSA) is 89.3 Å². The largest absolute Gasteiger partial charge is 0.369 e. The van der Waals surface area contributed by atoms with Gasteiger partial charge in [0.1, 0.15) is 18.0 Å². The minimum Gasteiger partial charge on any atom is -0.369 e. The molecule has 100 valence electrons. The van der Waals surface area contributed by atoms with Gasteiger partial charge in [0.15, 0.2) is 0 Å². The maximum absolute atomic E-state index is 10.6. The van der Waals surface area contributed by atoms with Crippen LogP contribution in [0.4, 0.5) is 0 Å². The summed E-state index contributed by atoms with van der Waals surface area (Å²) in [6.45, 7) is 0.657. The molecule has 0 aliphatic heterocycles. The number of alkyl halides is 2. The Hall–Kier alpha value is -0.810. The summed E-state index contributed by atoms with van der Waals surface area (Å²) in [6, 6.07) is 0. The molecule has 0 aliphatic rings. The zero-order valence-corrected chi connectivity index (χ0v) is 11.1. The van der Waals surface area contributed by atoms with Gasteiger partial charge in [0.05, 0.1) is 0 Å². The molecule has 0 rings (SSSR count). The lowest BCUT2D eigenvalue weighted by Gasteiger charge is -2.00. The van der Waals surface area contributed by atoms with Crippen LogP contribution in [-0.2, 0) is 14.4 Å². The minimum atomic E-state index is -0.480. The number of hydrogen-bond donors (Lipinski definition) is 2. The number of amides is 2. The van der Waals surface area contributed by atoms with Crippen LogP contribution in [0.2, 0.25) is 0 Å². The average Bonchev–Trinajstić information content (AvgIpc) is 2.33. The molecule has 0 aromatic rings. The van der Waals surface area contributed by atoms with E-state index < -0.39 is 5.91 Å². The van der Waals surface area contributed by atoms with E-state index in [9.17, 15) is 14.4 Å². The van der Waals surface area contributed by atoms with Gasteiger partial charge in [-0.15, -0.1) is 23.2 Å². The summed E-state index contributed by atoms with van der Waals surface area (Å²) in [6.07, 6.45) is 4.32. The van der Waals surface area contributed by atoms with Gasteiger partial charge in [-0.2, -0.15) is 0 Å². The molecule has 7 heteroatoms.